The maximum atomic E-state index is 10.6. The van der Waals surface area contributed by atoms with E-state index in [9.17, 15) is 4.79 Å². The van der Waals surface area contributed by atoms with Crippen molar-refractivity contribution in [2.24, 2.45) is 5.73 Å². The number of urea groups is 1. The molecule has 1 aromatic rings. The van der Waals surface area contributed by atoms with Gasteiger partial charge >= 0.3 is 6.03 Å². The van der Waals surface area contributed by atoms with Crippen molar-refractivity contribution in [3.8, 4) is 0 Å². The molecule has 1 heterocycles. The predicted molar refractivity (Wildman–Crippen MR) is 81.7 cm³/mol. The van der Waals surface area contributed by atoms with Crippen molar-refractivity contribution in [3.63, 3.8) is 0 Å². The number of nitrogens with zero attached hydrogens (tertiary/aromatic N) is 2. The number of nitrogens with two attached hydrogens (primary N) is 2. The van der Waals surface area contributed by atoms with Gasteiger partial charge in [-0.3, -0.25) is 4.90 Å². The summed E-state index contributed by atoms with van der Waals surface area (Å²) in [7, 11) is 0. The number of hydrogen-bond donors (Lipinski definition) is 3. The highest BCUT2D eigenvalue weighted by atomic mass is 16.2. The number of benzene rings is 1. The molecule has 0 unspecified atom stereocenters. The van der Waals surface area contributed by atoms with Gasteiger partial charge in [-0.05, 0) is 37.2 Å². The lowest BCUT2D eigenvalue weighted by Gasteiger charge is -2.36. The first-order chi connectivity index (χ1) is 9.65. The van der Waals surface area contributed by atoms with E-state index in [0.717, 1.165) is 44.8 Å². The Morgan fingerprint density at radius 3 is 2.40 bits per heavy atom. The van der Waals surface area contributed by atoms with E-state index >= 15 is 0 Å². The molecule has 1 saturated heterocycles. The summed E-state index contributed by atoms with van der Waals surface area (Å²) >= 11 is 0. The van der Waals surface area contributed by atoms with Crippen molar-refractivity contribution >= 4 is 17.4 Å². The number of nitrogens with one attached hydrogen (secondary N) is 1. The van der Waals surface area contributed by atoms with Crippen LogP contribution in [0.1, 0.15) is 6.42 Å². The fourth-order valence-electron chi connectivity index (χ4n) is 2.43. The van der Waals surface area contributed by atoms with Gasteiger partial charge in [-0.1, -0.05) is 0 Å². The van der Waals surface area contributed by atoms with Crippen LogP contribution in [0.15, 0.2) is 24.3 Å². The highest BCUT2D eigenvalue weighted by Gasteiger charge is 2.16. The molecule has 0 radical (unpaired) electrons. The summed E-state index contributed by atoms with van der Waals surface area (Å²) in [6, 6.07) is 7.58. The quantitative estimate of drug-likeness (QED) is 0.538. The molecule has 6 heteroatoms. The Labute approximate surface area is 119 Å². The molecule has 0 aromatic heterocycles. The summed E-state index contributed by atoms with van der Waals surface area (Å²) in [5.41, 5.74) is 12.8. The molecule has 0 atom stereocenters. The highest BCUT2D eigenvalue weighted by molar-refractivity contribution is 5.71. The van der Waals surface area contributed by atoms with Crippen LogP contribution >= 0.6 is 0 Å². The zero-order valence-corrected chi connectivity index (χ0v) is 11.7. The molecule has 0 saturated carbocycles. The van der Waals surface area contributed by atoms with Crippen molar-refractivity contribution in [2.75, 3.05) is 49.9 Å². The van der Waals surface area contributed by atoms with Gasteiger partial charge in [0.1, 0.15) is 0 Å². The van der Waals surface area contributed by atoms with Gasteiger partial charge in [-0.25, -0.2) is 4.79 Å². The van der Waals surface area contributed by atoms with Gasteiger partial charge in [-0.15, -0.1) is 0 Å². The van der Waals surface area contributed by atoms with E-state index in [-0.39, 0.29) is 0 Å². The molecule has 2 rings (SSSR count). The standard InChI is InChI=1S/C14H23N5O/c15-12-2-4-13(5-3-12)19-10-8-18(9-11-19)7-1-6-17-14(16)20/h2-5H,1,6-11,15H2,(H3,16,17,20). The van der Waals surface area contributed by atoms with Crippen LogP contribution in [0.3, 0.4) is 0 Å². The maximum Gasteiger partial charge on any atom is 0.312 e. The highest BCUT2D eigenvalue weighted by Crippen LogP contribution is 2.18. The Kier molecular flexibility index (Phi) is 5.06. The molecular weight excluding hydrogens is 254 g/mol. The van der Waals surface area contributed by atoms with Gasteiger partial charge in [0.05, 0.1) is 0 Å². The lowest BCUT2D eigenvalue weighted by atomic mass is 10.2. The first-order valence-corrected chi connectivity index (χ1v) is 7.01. The number of rotatable bonds is 5. The van der Waals surface area contributed by atoms with E-state index in [2.05, 4.69) is 27.2 Å². The Balaban J connectivity index is 1.69. The van der Waals surface area contributed by atoms with E-state index in [4.69, 9.17) is 11.5 Å². The van der Waals surface area contributed by atoms with Crippen LogP contribution in [-0.2, 0) is 0 Å². The fourth-order valence-corrected chi connectivity index (χ4v) is 2.43. The van der Waals surface area contributed by atoms with Crippen molar-refractivity contribution in [3.05, 3.63) is 24.3 Å². The zero-order valence-electron chi connectivity index (χ0n) is 11.7. The molecule has 0 spiro atoms. The summed E-state index contributed by atoms with van der Waals surface area (Å²) in [5, 5.41) is 2.61. The van der Waals surface area contributed by atoms with E-state index < -0.39 is 6.03 Å². The van der Waals surface area contributed by atoms with Crippen molar-refractivity contribution in [1.82, 2.24) is 10.2 Å². The molecule has 1 aromatic carbocycles. The number of carbonyl (C=O) groups excluding carboxylic acids is 1. The van der Waals surface area contributed by atoms with E-state index in [1.807, 2.05) is 12.1 Å². The largest absolute Gasteiger partial charge is 0.399 e. The second-order valence-corrected chi connectivity index (χ2v) is 5.06. The molecule has 2 amide bonds. The summed E-state index contributed by atoms with van der Waals surface area (Å²) in [6.45, 7) is 5.77. The summed E-state index contributed by atoms with van der Waals surface area (Å²) in [6.07, 6.45) is 0.935. The molecule has 1 aliphatic rings. The minimum Gasteiger partial charge on any atom is -0.399 e. The predicted octanol–water partition coefficient (Wildman–Crippen LogP) is 0.449. The van der Waals surface area contributed by atoms with Gasteiger partial charge in [-0.2, -0.15) is 0 Å². The second kappa shape index (κ2) is 7.00. The Morgan fingerprint density at radius 2 is 1.80 bits per heavy atom. The van der Waals surface area contributed by atoms with Crippen molar-refractivity contribution < 1.29 is 4.79 Å². The number of piperazine rings is 1. The lowest BCUT2D eigenvalue weighted by Crippen LogP contribution is -2.47. The van der Waals surface area contributed by atoms with Crippen molar-refractivity contribution in [2.45, 2.75) is 6.42 Å². The molecule has 1 aliphatic heterocycles. The van der Waals surface area contributed by atoms with Gasteiger partial charge in [0.2, 0.25) is 0 Å². The topological polar surface area (TPSA) is 87.6 Å². The van der Waals surface area contributed by atoms with Crippen LogP contribution in [0, 0.1) is 0 Å². The molecule has 0 bridgehead atoms. The smallest absolute Gasteiger partial charge is 0.312 e. The van der Waals surface area contributed by atoms with E-state index in [0.29, 0.717) is 6.54 Å². The summed E-state index contributed by atoms with van der Waals surface area (Å²) in [5.74, 6) is 0. The number of primary amides is 1. The van der Waals surface area contributed by atoms with Gasteiger partial charge in [0, 0.05) is 44.1 Å². The third kappa shape index (κ3) is 4.31. The van der Waals surface area contributed by atoms with E-state index in [1.54, 1.807) is 0 Å². The average molecular weight is 277 g/mol. The number of hydrogen-bond acceptors (Lipinski definition) is 4. The number of amides is 2. The molecule has 5 N–H and O–H groups in total. The summed E-state index contributed by atoms with van der Waals surface area (Å²) in [4.78, 5) is 15.3. The molecule has 110 valence electrons. The van der Waals surface area contributed by atoms with Crippen LogP contribution < -0.4 is 21.7 Å². The van der Waals surface area contributed by atoms with Gasteiger partial charge in [0.15, 0.2) is 0 Å². The maximum absolute atomic E-state index is 10.6. The number of anilines is 2. The summed E-state index contributed by atoms with van der Waals surface area (Å²) < 4.78 is 0. The van der Waals surface area contributed by atoms with Crippen LogP contribution in [0.2, 0.25) is 0 Å². The minimum absolute atomic E-state index is 0.446. The van der Waals surface area contributed by atoms with Crippen LogP contribution in [0.25, 0.3) is 0 Å². The Bertz CT molecular complexity index is 426. The number of carbonyl (C=O) groups is 1. The SMILES string of the molecule is NC(=O)NCCCN1CCN(c2ccc(N)cc2)CC1. The second-order valence-electron chi connectivity index (χ2n) is 5.06. The third-order valence-electron chi connectivity index (χ3n) is 3.58. The fraction of sp³-hybridized carbons (Fsp3) is 0.500. The van der Waals surface area contributed by atoms with Crippen LogP contribution in [-0.4, -0.2) is 50.2 Å². The zero-order chi connectivity index (χ0) is 14.4. The molecular formula is C14H23N5O. The van der Waals surface area contributed by atoms with Gasteiger partial charge < -0.3 is 21.7 Å². The number of nitrogen functional groups attached to an aromatic ring is 1. The first-order valence-electron chi connectivity index (χ1n) is 7.01. The van der Waals surface area contributed by atoms with Crippen LogP contribution in [0.5, 0.6) is 0 Å². The Morgan fingerprint density at radius 1 is 1.15 bits per heavy atom. The molecule has 0 aliphatic carbocycles. The first kappa shape index (κ1) is 14.5. The lowest BCUT2D eigenvalue weighted by molar-refractivity contribution is 0.242. The van der Waals surface area contributed by atoms with E-state index in [1.165, 1.54) is 5.69 Å². The average Bonchev–Trinajstić information content (AvgIpc) is 2.45. The molecule has 1 fully saturated rings. The Hall–Kier alpha value is -1.95. The monoisotopic (exact) mass is 277 g/mol. The molecule has 20 heavy (non-hydrogen) atoms. The van der Waals surface area contributed by atoms with Crippen LogP contribution in [0.4, 0.5) is 16.2 Å². The third-order valence-corrected chi connectivity index (χ3v) is 3.58. The minimum atomic E-state index is -0.446. The van der Waals surface area contributed by atoms with Crippen molar-refractivity contribution in [1.29, 1.82) is 0 Å². The molecule has 6 nitrogen and oxygen atoms in total. The normalized spacial score (nSPS) is 16.1. The van der Waals surface area contributed by atoms with Gasteiger partial charge in [0.25, 0.3) is 0 Å².